The molecule has 0 N–H and O–H groups in total. The average Bonchev–Trinajstić information content (AvgIpc) is 2.33. The molecular formula is C13H8BrCl2F. The third-order valence-electron chi connectivity index (χ3n) is 2.42. The van der Waals surface area contributed by atoms with Crippen molar-refractivity contribution in [3.05, 3.63) is 69.5 Å². The van der Waals surface area contributed by atoms with Crippen molar-refractivity contribution in [1.29, 1.82) is 0 Å². The first-order chi connectivity index (χ1) is 8.09. The number of halogens is 4. The minimum Gasteiger partial charge on any atom is -0.205 e. The lowest BCUT2D eigenvalue weighted by Crippen LogP contribution is -1.95. The molecule has 0 amide bonds. The molecule has 1 atom stereocenters. The van der Waals surface area contributed by atoms with Crippen LogP contribution in [0.2, 0.25) is 10.0 Å². The van der Waals surface area contributed by atoms with E-state index in [0.29, 0.717) is 10.6 Å². The second-order valence-corrected chi connectivity index (χ2v) is 5.29. The van der Waals surface area contributed by atoms with Crippen LogP contribution in [-0.4, -0.2) is 0 Å². The summed E-state index contributed by atoms with van der Waals surface area (Å²) in [4.78, 5) is -0.150. The van der Waals surface area contributed by atoms with Gasteiger partial charge in [-0.15, -0.1) is 0 Å². The Kier molecular flexibility index (Phi) is 4.08. The number of benzene rings is 2. The quantitative estimate of drug-likeness (QED) is 0.626. The number of hydrogen-bond donors (Lipinski definition) is 0. The Morgan fingerprint density at radius 2 is 1.65 bits per heavy atom. The Balaban J connectivity index is 2.40. The van der Waals surface area contributed by atoms with Crippen LogP contribution in [0.3, 0.4) is 0 Å². The Labute approximate surface area is 117 Å². The summed E-state index contributed by atoms with van der Waals surface area (Å²) in [5.74, 6) is -0.414. The summed E-state index contributed by atoms with van der Waals surface area (Å²) in [5, 5.41) is 0.808. The van der Waals surface area contributed by atoms with Gasteiger partial charge in [-0.2, -0.15) is 0 Å². The van der Waals surface area contributed by atoms with Crippen molar-refractivity contribution in [3.8, 4) is 0 Å². The standard InChI is InChI=1S/C13H8BrCl2F/c14-12(8-4-6-9(15)7-5-8)10-2-1-3-11(17)13(10)16/h1-7,12H. The van der Waals surface area contributed by atoms with Crippen molar-refractivity contribution in [2.24, 2.45) is 0 Å². The van der Waals surface area contributed by atoms with Crippen LogP contribution in [-0.2, 0) is 0 Å². The van der Waals surface area contributed by atoms with Gasteiger partial charge in [-0.25, -0.2) is 4.39 Å². The van der Waals surface area contributed by atoms with E-state index in [9.17, 15) is 4.39 Å². The average molecular weight is 334 g/mol. The first-order valence-corrected chi connectivity index (χ1v) is 6.60. The monoisotopic (exact) mass is 332 g/mol. The van der Waals surface area contributed by atoms with Gasteiger partial charge in [-0.1, -0.05) is 63.4 Å². The predicted octanol–water partition coefficient (Wildman–Crippen LogP) is 5.62. The molecule has 2 aromatic rings. The molecule has 88 valence electrons. The maximum absolute atomic E-state index is 13.3. The molecule has 4 heteroatoms. The maximum Gasteiger partial charge on any atom is 0.142 e. The Bertz CT molecular complexity index is 525. The molecule has 0 aliphatic carbocycles. The highest BCUT2D eigenvalue weighted by atomic mass is 79.9. The summed E-state index contributed by atoms with van der Waals surface area (Å²) < 4.78 is 13.3. The van der Waals surface area contributed by atoms with E-state index in [2.05, 4.69) is 15.9 Å². The molecule has 0 aliphatic rings. The first kappa shape index (κ1) is 12.9. The second-order valence-electron chi connectivity index (χ2n) is 3.56. The van der Waals surface area contributed by atoms with Gasteiger partial charge >= 0.3 is 0 Å². The summed E-state index contributed by atoms with van der Waals surface area (Å²) in [7, 11) is 0. The van der Waals surface area contributed by atoms with Gasteiger partial charge in [-0.05, 0) is 29.3 Å². The highest BCUT2D eigenvalue weighted by Gasteiger charge is 2.15. The van der Waals surface area contributed by atoms with Crippen LogP contribution in [0, 0.1) is 5.82 Å². The van der Waals surface area contributed by atoms with Gasteiger partial charge < -0.3 is 0 Å². The molecule has 0 nitrogen and oxygen atoms in total. The van der Waals surface area contributed by atoms with E-state index < -0.39 is 5.82 Å². The lowest BCUT2D eigenvalue weighted by Gasteiger charge is -2.12. The molecule has 0 spiro atoms. The van der Waals surface area contributed by atoms with Crippen molar-refractivity contribution < 1.29 is 4.39 Å². The van der Waals surface area contributed by atoms with E-state index >= 15 is 0 Å². The molecule has 0 saturated carbocycles. The van der Waals surface area contributed by atoms with Gasteiger partial charge in [0.1, 0.15) is 5.82 Å². The van der Waals surface area contributed by atoms with Crippen molar-refractivity contribution in [3.63, 3.8) is 0 Å². The molecule has 17 heavy (non-hydrogen) atoms. The zero-order valence-electron chi connectivity index (χ0n) is 8.63. The maximum atomic E-state index is 13.3. The Morgan fingerprint density at radius 1 is 1.00 bits per heavy atom. The zero-order valence-corrected chi connectivity index (χ0v) is 11.7. The smallest absolute Gasteiger partial charge is 0.142 e. The lowest BCUT2D eigenvalue weighted by molar-refractivity contribution is 0.626. The van der Waals surface area contributed by atoms with Crippen molar-refractivity contribution in [2.75, 3.05) is 0 Å². The van der Waals surface area contributed by atoms with Gasteiger partial charge in [-0.3, -0.25) is 0 Å². The number of hydrogen-bond acceptors (Lipinski definition) is 0. The van der Waals surface area contributed by atoms with Crippen LogP contribution < -0.4 is 0 Å². The second kappa shape index (κ2) is 5.38. The van der Waals surface area contributed by atoms with E-state index in [1.54, 1.807) is 24.3 Å². The molecule has 0 saturated heterocycles. The zero-order chi connectivity index (χ0) is 12.4. The lowest BCUT2D eigenvalue weighted by atomic mass is 10.0. The Morgan fingerprint density at radius 3 is 2.29 bits per heavy atom. The molecule has 0 fully saturated rings. The molecule has 0 radical (unpaired) electrons. The van der Waals surface area contributed by atoms with E-state index in [0.717, 1.165) is 5.56 Å². The van der Waals surface area contributed by atoms with Gasteiger partial charge in [0.15, 0.2) is 0 Å². The van der Waals surface area contributed by atoms with Crippen LogP contribution in [0.15, 0.2) is 42.5 Å². The molecule has 0 aliphatic heterocycles. The van der Waals surface area contributed by atoms with Crippen LogP contribution in [0.1, 0.15) is 16.0 Å². The van der Waals surface area contributed by atoms with Crippen molar-refractivity contribution in [2.45, 2.75) is 4.83 Å². The van der Waals surface area contributed by atoms with E-state index in [1.165, 1.54) is 6.07 Å². The first-order valence-electron chi connectivity index (χ1n) is 4.93. The minimum absolute atomic E-state index is 0.143. The normalized spacial score (nSPS) is 12.5. The molecule has 0 aromatic heterocycles. The fourth-order valence-electron chi connectivity index (χ4n) is 1.53. The number of rotatable bonds is 2. The van der Waals surface area contributed by atoms with Gasteiger partial charge in [0.25, 0.3) is 0 Å². The Hall–Kier alpha value is -0.570. The summed E-state index contributed by atoms with van der Waals surface area (Å²) >= 11 is 15.3. The molecule has 2 rings (SSSR count). The van der Waals surface area contributed by atoms with Crippen LogP contribution >= 0.6 is 39.1 Å². The third-order valence-corrected chi connectivity index (χ3v) is 4.09. The molecule has 0 heterocycles. The molecular weight excluding hydrogens is 326 g/mol. The summed E-state index contributed by atoms with van der Waals surface area (Å²) in [5.41, 5.74) is 1.68. The summed E-state index contributed by atoms with van der Waals surface area (Å²) in [6.07, 6.45) is 0. The molecule has 1 unspecified atom stereocenters. The minimum atomic E-state index is -0.414. The van der Waals surface area contributed by atoms with Gasteiger partial charge in [0.2, 0.25) is 0 Å². The van der Waals surface area contributed by atoms with Crippen molar-refractivity contribution in [1.82, 2.24) is 0 Å². The molecule has 2 aromatic carbocycles. The summed E-state index contributed by atoms with van der Waals surface area (Å²) in [6.45, 7) is 0. The largest absolute Gasteiger partial charge is 0.205 e. The highest BCUT2D eigenvalue weighted by Crippen LogP contribution is 2.36. The van der Waals surface area contributed by atoms with Crippen LogP contribution in [0.4, 0.5) is 4.39 Å². The van der Waals surface area contributed by atoms with Crippen LogP contribution in [0.5, 0.6) is 0 Å². The summed E-state index contributed by atoms with van der Waals surface area (Å²) in [6, 6.07) is 12.1. The number of alkyl halides is 1. The highest BCUT2D eigenvalue weighted by molar-refractivity contribution is 9.09. The fraction of sp³-hybridized carbons (Fsp3) is 0.0769. The van der Waals surface area contributed by atoms with Gasteiger partial charge in [0, 0.05) is 5.02 Å². The van der Waals surface area contributed by atoms with Crippen LogP contribution in [0.25, 0.3) is 0 Å². The topological polar surface area (TPSA) is 0 Å². The van der Waals surface area contributed by atoms with E-state index in [4.69, 9.17) is 23.2 Å². The fourth-order valence-corrected chi connectivity index (χ4v) is 2.71. The van der Waals surface area contributed by atoms with E-state index in [-0.39, 0.29) is 9.85 Å². The third kappa shape index (κ3) is 2.82. The van der Waals surface area contributed by atoms with Gasteiger partial charge in [0.05, 0.1) is 9.85 Å². The predicted molar refractivity (Wildman–Crippen MR) is 73.6 cm³/mol. The molecule has 0 bridgehead atoms. The van der Waals surface area contributed by atoms with E-state index in [1.807, 2.05) is 12.1 Å². The SMILES string of the molecule is Fc1cccc(C(Br)c2ccc(Cl)cc2)c1Cl. The van der Waals surface area contributed by atoms with Crippen molar-refractivity contribution >= 4 is 39.1 Å².